The zero-order valence-electron chi connectivity index (χ0n) is 32.2. The minimum Gasteiger partial charge on any atom is -0.438 e. The van der Waals surface area contributed by atoms with E-state index in [0.29, 0.717) is 23.2 Å². The van der Waals surface area contributed by atoms with Crippen molar-refractivity contribution in [1.82, 2.24) is 24.5 Å². The summed E-state index contributed by atoms with van der Waals surface area (Å²) in [6, 6.07) is 67.7. The van der Waals surface area contributed by atoms with Crippen LogP contribution in [0.25, 0.3) is 117 Å². The molecule has 4 heterocycles. The smallest absolute Gasteiger partial charge is 0.228 e. The molecule has 0 atom stereocenters. The van der Waals surface area contributed by atoms with Crippen LogP contribution in [-0.2, 0) is 0 Å². The highest BCUT2D eigenvalue weighted by atomic mass is 16.3. The molecule has 0 radical (unpaired) electrons. The highest BCUT2D eigenvalue weighted by Crippen LogP contribution is 2.41. The second-order valence-corrected chi connectivity index (χ2v) is 15.0. The van der Waals surface area contributed by atoms with Gasteiger partial charge in [0, 0.05) is 39.0 Å². The van der Waals surface area contributed by atoms with Gasteiger partial charge in [0.05, 0.1) is 22.1 Å². The van der Waals surface area contributed by atoms with Gasteiger partial charge in [-0.2, -0.15) is 0 Å². The van der Waals surface area contributed by atoms with Gasteiger partial charge in [-0.05, 0) is 81.6 Å². The molecule has 0 amide bonds. The van der Waals surface area contributed by atoms with Gasteiger partial charge in [0.25, 0.3) is 0 Å². The van der Waals surface area contributed by atoms with Crippen molar-refractivity contribution in [1.29, 1.82) is 0 Å². The van der Waals surface area contributed by atoms with Crippen molar-refractivity contribution in [2.75, 3.05) is 0 Å². The summed E-state index contributed by atoms with van der Waals surface area (Å²) in [5.41, 5.74) is 11.8. The van der Waals surface area contributed by atoms with E-state index in [4.69, 9.17) is 19.4 Å². The lowest BCUT2D eigenvalue weighted by atomic mass is 9.99. The lowest BCUT2D eigenvalue weighted by Gasteiger charge is -2.15. The van der Waals surface area contributed by atoms with Gasteiger partial charge in [-0.3, -0.25) is 0 Å². The number of pyridine rings is 1. The van der Waals surface area contributed by atoms with E-state index in [9.17, 15) is 0 Å². The van der Waals surface area contributed by atoms with Crippen molar-refractivity contribution in [3.05, 3.63) is 200 Å². The fourth-order valence-electron chi connectivity index (χ4n) is 8.77. The summed E-state index contributed by atoms with van der Waals surface area (Å²) in [4.78, 5) is 20.5. The summed E-state index contributed by atoms with van der Waals surface area (Å²) < 4.78 is 8.59. The number of rotatable bonds is 6. The number of furan rings is 1. The molecule has 0 bridgehead atoms. The number of fused-ring (bicyclic) bond motifs is 7. The third-order valence-corrected chi connectivity index (χ3v) is 11.5. The molecule has 0 saturated carbocycles. The fraction of sp³-hybridized carbons (Fsp3) is 0. The molecule has 12 aromatic rings. The van der Waals surface area contributed by atoms with Crippen LogP contribution >= 0.6 is 0 Å². The van der Waals surface area contributed by atoms with Gasteiger partial charge >= 0.3 is 0 Å². The van der Waals surface area contributed by atoms with E-state index in [1.54, 1.807) is 6.20 Å². The molecule has 0 aliphatic carbocycles. The first-order valence-corrected chi connectivity index (χ1v) is 20.0. The molecule has 60 heavy (non-hydrogen) atoms. The van der Waals surface area contributed by atoms with Gasteiger partial charge < -0.3 is 8.98 Å². The van der Waals surface area contributed by atoms with Gasteiger partial charge in [-0.15, -0.1) is 0 Å². The summed E-state index contributed by atoms with van der Waals surface area (Å²) in [5.74, 6) is 1.68. The van der Waals surface area contributed by atoms with Crippen LogP contribution in [0.15, 0.2) is 205 Å². The van der Waals surface area contributed by atoms with Gasteiger partial charge in [0.1, 0.15) is 5.58 Å². The van der Waals surface area contributed by atoms with E-state index in [2.05, 4.69) is 173 Å². The molecule has 0 aliphatic rings. The maximum atomic E-state index is 6.24. The summed E-state index contributed by atoms with van der Waals surface area (Å²) in [6.45, 7) is 0. The number of benzene rings is 8. The third kappa shape index (κ3) is 5.50. The molecule has 280 valence electrons. The van der Waals surface area contributed by atoms with E-state index >= 15 is 0 Å². The number of aromatic nitrogens is 5. The largest absolute Gasteiger partial charge is 0.438 e. The minimum atomic E-state index is 0.539. The molecular formula is C54H33N5O. The van der Waals surface area contributed by atoms with E-state index < -0.39 is 0 Å². The Balaban J connectivity index is 1.10. The number of hydrogen-bond acceptors (Lipinski definition) is 5. The van der Waals surface area contributed by atoms with E-state index in [-0.39, 0.29) is 0 Å². The van der Waals surface area contributed by atoms with Crippen LogP contribution < -0.4 is 0 Å². The molecule has 0 unspecified atom stereocenters. The van der Waals surface area contributed by atoms with E-state index in [1.807, 2.05) is 30.3 Å². The summed E-state index contributed by atoms with van der Waals surface area (Å²) in [7, 11) is 0. The first kappa shape index (κ1) is 33.9. The van der Waals surface area contributed by atoms with Gasteiger partial charge in [-0.1, -0.05) is 146 Å². The topological polar surface area (TPSA) is 69.6 Å². The first-order chi connectivity index (χ1) is 29.7. The second-order valence-electron chi connectivity index (χ2n) is 15.0. The molecule has 6 heteroatoms. The monoisotopic (exact) mass is 767 g/mol. The zero-order chi connectivity index (χ0) is 39.6. The van der Waals surface area contributed by atoms with Crippen LogP contribution in [0.3, 0.4) is 0 Å². The van der Waals surface area contributed by atoms with Crippen LogP contribution in [-0.4, -0.2) is 24.5 Å². The standard InChI is InChI=1S/C54H33N5O/c1-3-14-34(15-4-1)36-26-27-38-33-39(29-28-37(38)32-36)51-56-52(58-53(57-51)44-30-31-55-54-50(44)43-20-9-12-25-48(43)60-54)42-19-8-11-23-46(42)59-45-22-10-7-18-41(45)49-40(21-13-24-47(49)59)35-16-5-2-6-17-35/h1-33H. The van der Waals surface area contributed by atoms with Crippen molar-refractivity contribution in [3.63, 3.8) is 0 Å². The van der Waals surface area contributed by atoms with E-state index in [0.717, 1.165) is 60.5 Å². The Bertz CT molecular complexity index is 3610. The predicted octanol–water partition coefficient (Wildman–Crippen LogP) is 13.8. The first-order valence-electron chi connectivity index (χ1n) is 20.0. The normalized spacial score (nSPS) is 11.7. The minimum absolute atomic E-state index is 0.539. The summed E-state index contributed by atoms with van der Waals surface area (Å²) in [6.07, 6.45) is 1.76. The average molecular weight is 768 g/mol. The predicted molar refractivity (Wildman–Crippen MR) is 244 cm³/mol. The lowest BCUT2D eigenvalue weighted by molar-refractivity contribution is 0.654. The van der Waals surface area contributed by atoms with Crippen LogP contribution in [0.2, 0.25) is 0 Å². The molecule has 6 nitrogen and oxygen atoms in total. The van der Waals surface area contributed by atoms with Gasteiger partial charge in [0.15, 0.2) is 17.5 Å². The lowest BCUT2D eigenvalue weighted by Crippen LogP contribution is -2.04. The van der Waals surface area contributed by atoms with Crippen molar-refractivity contribution in [2.45, 2.75) is 0 Å². The SMILES string of the molecule is c1ccc(-c2ccc3cc(-c4nc(-c5ccccc5-n5c6ccccc6c6c(-c7ccccc7)cccc65)nc(-c5ccnc6oc7ccccc7c56)n4)ccc3c2)cc1. The van der Waals surface area contributed by atoms with Gasteiger partial charge in [-0.25, -0.2) is 19.9 Å². The third-order valence-electron chi connectivity index (χ3n) is 11.5. The van der Waals surface area contributed by atoms with Gasteiger partial charge in [0.2, 0.25) is 5.71 Å². The zero-order valence-corrected chi connectivity index (χ0v) is 32.2. The number of hydrogen-bond donors (Lipinski definition) is 0. The Morgan fingerprint density at radius 2 is 1.00 bits per heavy atom. The van der Waals surface area contributed by atoms with Crippen molar-refractivity contribution >= 4 is 54.6 Å². The molecular weight excluding hydrogens is 735 g/mol. The Morgan fingerprint density at radius 1 is 0.383 bits per heavy atom. The van der Waals surface area contributed by atoms with Crippen LogP contribution in [0.5, 0.6) is 0 Å². The maximum absolute atomic E-state index is 6.24. The van der Waals surface area contributed by atoms with Crippen molar-refractivity contribution < 1.29 is 4.42 Å². The molecule has 0 fully saturated rings. The van der Waals surface area contributed by atoms with Crippen LogP contribution in [0.1, 0.15) is 0 Å². The Hall–Kier alpha value is -8.22. The molecule has 0 aliphatic heterocycles. The molecule has 0 N–H and O–H groups in total. The molecule has 4 aromatic heterocycles. The van der Waals surface area contributed by atoms with E-state index in [1.165, 1.54) is 33.0 Å². The average Bonchev–Trinajstić information content (AvgIpc) is 3.88. The Morgan fingerprint density at radius 3 is 1.83 bits per heavy atom. The Kier molecular flexibility index (Phi) is 7.74. The molecule has 0 spiro atoms. The molecule has 12 rings (SSSR count). The maximum Gasteiger partial charge on any atom is 0.228 e. The summed E-state index contributed by atoms with van der Waals surface area (Å²) in [5, 5.41) is 6.44. The highest BCUT2D eigenvalue weighted by molar-refractivity contribution is 6.16. The van der Waals surface area contributed by atoms with Crippen LogP contribution in [0, 0.1) is 0 Å². The summed E-state index contributed by atoms with van der Waals surface area (Å²) >= 11 is 0. The van der Waals surface area contributed by atoms with Crippen LogP contribution in [0.4, 0.5) is 0 Å². The number of nitrogens with zero attached hydrogens (tertiary/aromatic N) is 5. The van der Waals surface area contributed by atoms with Crippen molar-refractivity contribution in [3.8, 4) is 62.1 Å². The van der Waals surface area contributed by atoms with Crippen molar-refractivity contribution in [2.24, 2.45) is 0 Å². The molecule has 8 aromatic carbocycles. The molecule has 0 saturated heterocycles. The number of para-hydroxylation sites is 3. The fourth-order valence-corrected chi connectivity index (χ4v) is 8.77. The highest BCUT2D eigenvalue weighted by Gasteiger charge is 2.22. The Labute approximate surface area is 344 Å². The second kappa shape index (κ2) is 13.7. The quantitative estimate of drug-likeness (QED) is 0.168.